The quantitative estimate of drug-likeness (QED) is 0.439. The van der Waals surface area contributed by atoms with E-state index in [1.54, 1.807) is 26.0 Å². The maximum absolute atomic E-state index is 12.9. The van der Waals surface area contributed by atoms with Gasteiger partial charge in [0, 0.05) is 23.5 Å². The van der Waals surface area contributed by atoms with E-state index in [1.165, 1.54) is 11.3 Å². The van der Waals surface area contributed by atoms with Crippen LogP contribution in [0.15, 0.2) is 52.5 Å². The van der Waals surface area contributed by atoms with Crippen LogP contribution in [0, 0.1) is 13.8 Å². The van der Waals surface area contributed by atoms with Crippen molar-refractivity contribution in [2.45, 2.75) is 32.9 Å². The molecule has 0 saturated heterocycles. The van der Waals surface area contributed by atoms with Crippen LogP contribution in [0.1, 0.15) is 32.3 Å². The molecule has 1 amide bonds. The highest BCUT2D eigenvalue weighted by Crippen LogP contribution is 2.20. The first-order chi connectivity index (χ1) is 14.5. The van der Waals surface area contributed by atoms with Gasteiger partial charge in [0.25, 0.3) is 5.91 Å². The number of nitrogens with zero attached hydrogens (tertiary/aromatic N) is 1. The van der Waals surface area contributed by atoms with Crippen molar-refractivity contribution in [3.63, 3.8) is 0 Å². The number of aromatic amines is 1. The number of benzene rings is 1. The number of hydrogen-bond donors (Lipinski definition) is 2. The maximum Gasteiger partial charge on any atom is 0.329 e. The van der Waals surface area contributed by atoms with E-state index in [-0.39, 0.29) is 12.5 Å². The molecule has 4 aromatic rings. The van der Waals surface area contributed by atoms with Gasteiger partial charge in [-0.15, -0.1) is 11.3 Å². The number of aromatic nitrogens is 2. The Balaban J connectivity index is 1.54. The average molecular weight is 423 g/mol. The fourth-order valence-corrected chi connectivity index (χ4v) is 3.93. The second-order valence-corrected chi connectivity index (χ2v) is 7.93. The van der Waals surface area contributed by atoms with Gasteiger partial charge in [-0.3, -0.25) is 4.79 Å². The predicted octanol–water partition coefficient (Wildman–Crippen LogP) is 3.92. The van der Waals surface area contributed by atoms with Gasteiger partial charge in [-0.05, 0) is 36.9 Å². The number of ether oxygens (including phenoxy) is 1. The predicted molar refractivity (Wildman–Crippen MR) is 113 cm³/mol. The Hall–Kier alpha value is -3.39. The summed E-state index contributed by atoms with van der Waals surface area (Å²) in [6.45, 7) is 3.60. The van der Waals surface area contributed by atoms with Gasteiger partial charge in [0.15, 0.2) is 0 Å². The van der Waals surface area contributed by atoms with Crippen molar-refractivity contribution in [1.82, 2.24) is 15.5 Å². The molecule has 0 fully saturated rings. The van der Waals surface area contributed by atoms with Crippen LogP contribution in [0.3, 0.4) is 0 Å². The van der Waals surface area contributed by atoms with Crippen molar-refractivity contribution < 1.29 is 18.8 Å². The first-order valence-corrected chi connectivity index (χ1v) is 10.4. The lowest BCUT2D eigenvalue weighted by atomic mass is 10.0. The number of nitrogens with one attached hydrogen (secondary N) is 2. The van der Waals surface area contributed by atoms with Crippen LogP contribution in [-0.4, -0.2) is 28.1 Å². The summed E-state index contributed by atoms with van der Waals surface area (Å²) in [6, 6.07) is 10.5. The summed E-state index contributed by atoms with van der Waals surface area (Å²) in [5.74, 6) is -0.203. The molecule has 0 spiro atoms. The molecule has 3 heterocycles. The molecular weight excluding hydrogens is 402 g/mol. The topological polar surface area (TPSA) is 97.2 Å². The van der Waals surface area contributed by atoms with Crippen LogP contribution < -0.4 is 5.32 Å². The fourth-order valence-electron chi connectivity index (χ4n) is 3.30. The molecule has 0 aliphatic heterocycles. The molecule has 2 N–H and O–H groups in total. The van der Waals surface area contributed by atoms with Gasteiger partial charge < -0.3 is 19.6 Å². The van der Waals surface area contributed by atoms with Gasteiger partial charge >= 0.3 is 5.97 Å². The normalized spacial score (nSPS) is 12.1. The number of para-hydroxylation sites is 1. The molecule has 30 heavy (non-hydrogen) atoms. The highest BCUT2D eigenvalue weighted by Gasteiger charge is 2.26. The summed E-state index contributed by atoms with van der Waals surface area (Å²) in [7, 11) is 0. The van der Waals surface area contributed by atoms with Gasteiger partial charge in [0.05, 0.1) is 16.1 Å². The van der Waals surface area contributed by atoms with Crippen molar-refractivity contribution >= 4 is 34.1 Å². The van der Waals surface area contributed by atoms with Crippen LogP contribution in [0.25, 0.3) is 10.9 Å². The summed E-state index contributed by atoms with van der Waals surface area (Å²) in [6.07, 6.45) is 2.16. The molecule has 0 aliphatic carbocycles. The van der Waals surface area contributed by atoms with E-state index in [9.17, 15) is 9.59 Å². The number of fused-ring (bicyclic) bond motifs is 1. The lowest BCUT2D eigenvalue weighted by molar-refractivity contribution is -0.147. The molecule has 0 aliphatic rings. The SMILES string of the molecule is Cc1noc(C)c1COC(=O)C(Cc1c[nH]c2ccccc12)NC(=O)c1cccs1. The standard InChI is InChI=1S/C22H21N3O4S/c1-13-17(14(2)29-25-13)12-28-22(27)19(24-21(26)20-8-5-9-30-20)10-15-11-23-18-7-4-3-6-16(15)18/h3-9,11,19,23H,10,12H2,1-2H3,(H,24,26). The van der Waals surface area contributed by atoms with Crippen molar-refractivity contribution in [3.8, 4) is 0 Å². The van der Waals surface area contributed by atoms with E-state index < -0.39 is 12.0 Å². The average Bonchev–Trinajstić information content (AvgIpc) is 3.48. The fraction of sp³-hybridized carbons (Fsp3) is 0.227. The summed E-state index contributed by atoms with van der Waals surface area (Å²) in [4.78, 5) is 29.3. The zero-order valence-corrected chi connectivity index (χ0v) is 17.4. The number of esters is 1. The minimum atomic E-state index is -0.834. The molecule has 3 aromatic heterocycles. The molecule has 1 atom stereocenters. The number of amides is 1. The van der Waals surface area contributed by atoms with Crippen molar-refractivity contribution in [3.05, 3.63) is 75.4 Å². The molecule has 7 nitrogen and oxygen atoms in total. The van der Waals surface area contributed by atoms with Crippen LogP contribution >= 0.6 is 11.3 Å². The first-order valence-electron chi connectivity index (χ1n) is 9.50. The number of aryl methyl sites for hydroxylation is 2. The lowest BCUT2D eigenvalue weighted by Gasteiger charge is -2.17. The number of carbonyl (C=O) groups is 2. The highest BCUT2D eigenvalue weighted by atomic mass is 32.1. The van der Waals surface area contributed by atoms with Crippen molar-refractivity contribution in [2.75, 3.05) is 0 Å². The van der Waals surface area contributed by atoms with Crippen molar-refractivity contribution in [2.24, 2.45) is 0 Å². The molecule has 0 radical (unpaired) electrons. The Labute approximate surface area is 177 Å². The van der Waals surface area contributed by atoms with Crippen molar-refractivity contribution in [1.29, 1.82) is 0 Å². The Kier molecular flexibility index (Phi) is 5.67. The summed E-state index contributed by atoms with van der Waals surface area (Å²) in [5.41, 5.74) is 3.31. The van der Waals surface area contributed by atoms with Gasteiger partial charge in [-0.1, -0.05) is 29.4 Å². The summed E-state index contributed by atoms with van der Waals surface area (Å²) in [5, 5.41) is 9.53. The number of hydrogen-bond acceptors (Lipinski definition) is 6. The Morgan fingerprint density at radius 1 is 1.23 bits per heavy atom. The minimum Gasteiger partial charge on any atom is -0.459 e. The maximum atomic E-state index is 12.9. The Morgan fingerprint density at radius 2 is 2.07 bits per heavy atom. The molecule has 4 rings (SSSR count). The molecule has 0 bridgehead atoms. The van der Waals surface area contributed by atoms with Gasteiger partial charge in [0.2, 0.25) is 0 Å². The summed E-state index contributed by atoms with van der Waals surface area (Å²) >= 11 is 1.32. The highest BCUT2D eigenvalue weighted by molar-refractivity contribution is 7.12. The molecule has 1 aromatic carbocycles. The first kappa shape index (κ1) is 19.9. The smallest absolute Gasteiger partial charge is 0.329 e. The van der Waals surface area contributed by atoms with Crippen LogP contribution in [0.5, 0.6) is 0 Å². The largest absolute Gasteiger partial charge is 0.459 e. The third-order valence-electron chi connectivity index (χ3n) is 4.97. The zero-order valence-electron chi connectivity index (χ0n) is 16.6. The van der Waals surface area contributed by atoms with E-state index in [0.717, 1.165) is 22.0 Å². The summed E-state index contributed by atoms with van der Waals surface area (Å²) < 4.78 is 10.7. The van der Waals surface area contributed by atoms with E-state index in [4.69, 9.17) is 9.26 Å². The molecule has 0 saturated carbocycles. The van der Waals surface area contributed by atoms with Gasteiger partial charge in [-0.25, -0.2) is 4.79 Å². The number of carbonyl (C=O) groups excluding carboxylic acids is 2. The minimum absolute atomic E-state index is 0.0409. The number of rotatable bonds is 7. The number of H-pyrrole nitrogens is 1. The van der Waals surface area contributed by atoms with Gasteiger partial charge in [0.1, 0.15) is 18.4 Å². The van der Waals surface area contributed by atoms with Gasteiger partial charge in [-0.2, -0.15) is 0 Å². The second-order valence-electron chi connectivity index (χ2n) is 6.98. The zero-order chi connectivity index (χ0) is 21.1. The number of thiophene rings is 1. The van der Waals surface area contributed by atoms with E-state index in [1.807, 2.05) is 35.8 Å². The molecular formula is C22H21N3O4S. The third-order valence-corrected chi connectivity index (χ3v) is 5.84. The van der Waals surface area contributed by atoms with Crippen LogP contribution in [-0.2, 0) is 22.6 Å². The lowest BCUT2D eigenvalue weighted by Crippen LogP contribution is -2.43. The van der Waals surface area contributed by atoms with Crippen LogP contribution in [0.2, 0.25) is 0 Å². The third kappa shape index (κ3) is 4.13. The monoisotopic (exact) mass is 423 g/mol. The van der Waals surface area contributed by atoms with E-state index >= 15 is 0 Å². The van der Waals surface area contributed by atoms with E-state index in [2.05, 4.69) is 15.5 Å². The van der Waals surface area contributed by atoms with E-state index in [0.29, 0.717) is 22.8 Å². The molecule has 154 valence electrons. The molecule has 8 heteroatoms. The Bertz CT molecular complexity index is 1160. The Morgan fingerprint density at radius 3 is 2.80 bits per heavy atom. The second kappa shape index (κ2) is 8.54. The van der Waals surface area contributed by atoms with Crippen LogP contribution in [0.4, 0.5) is 0 Å². The molecule has 1 unspecified atom stereocenters.